The fourth-order valence-electron chi connectivity index (χ4n) is 5.46. The van der Waals surface area contributed by atoms with Crippen LogP contribution in [0.2, 0.25) is 0 Å². The van der Waals surface area contributed by atoms with Crippen molar-refractivity contribution in [3.8, 4) is 11.5 Å². The minimum atomic E-state index is -3.19. The van der Waals surface area contributed by atoms with Crippen molar-refractivity contribution in [1.29, 1.82) is 0 Å². The largest absolute Gasteiger partial charge is 0.494 e. The van der Waals surface area contributed by atoms with Crippen LogP contribution in [0.3, 0.4) is 0 Å². The van der Waals surface area contributed by atoms with Gasteiger partial charge in [0.25, 0.3) is 5.92 Å². The van der Waals surface area contributed by atoms with Crippen LogP contribution in [0.5, 0.6) is 11.5 Å². The van der Waals surface area contributed by atoms with Crippen LogP contribution in [-0.4, -0.2) is 60.2 Å². The Hall–Kier alpha value is -3.99. The number of fused-ring (bicyclic) bond motifs is 1. The van der Waals surface area contributed by atoms with Gasteiger partial charge in [-0.05, 0) is 55.6 Å². The molecule has 2 atom stereocenters. The second kappa shape index (κ2) is 12.3. The maximum Gasteiger partial charge on any atom is 0.275 e. The van der Waals surface area contributed by atoms with E-state index in [1.165, 1.54) is 19.8 Å². The van der Waals surface area contributed by atoms with E-state index in [4.69, 9.17) is 9.47 Å². The number of alkyl halides is 2. The summed E-state index contributed by atoms with van der Waals surface area (Å²) >= 11 is 0. The summed E-state index contributed by atoms with van der Waals surface area (Å²) in [6, 6.07) is 12.3. The molecule has 3 aromatic rings. The molecule has 2 heterocycles. The van der Waals surface area contributed by atoms with Crippen LogP contribution in [0.25, 0.3) is 0 Å². The molecule has 11 heteroatoms. The molecule has 0 saturated carbocycles. The molecule has 0 radical (unpaired) electrons. The van der Waals surface area contributed by atoms with E-state index in [0.29, 0.717) is 30.2 Å². The van der Waals surface area contributed by atoms with E-state index in [0.717, 1.165) is 43.9 Å². The number of carbonyl (C=O) groups excluding carboxylic acids is 1. The van der Waals surface area contributed by atoms with Gasteiger partial charge < -0.3 is 25.4 Å². The molecule has 0 bridgehead atoms. The van der Waals surface area contributed by atoms with Gasteiger partial charge in [-0.3, -0.25) is 9.69 Å². The number of hydrogen-bond acceptors (Lipinski definition) is 8. The Kier molecular flexibility index (Phi) is 8.53. The molecule has 5 rings (SSSR count). The van der Waals surface area contributed by atoms with Crippen LogP contribution in [0, 0.1) is 0 Å². The fraction of sp³-hybridized carbons (Fsp3) is 0.433. The molecule has 2 aliphatic rings. The number of likely N-dealkylation sites (tertiary alicyclic amines) is 1. The number of carbonyl (C=O) groups is 1. The molecule has 2 aromatic carbocycles. The van der Waals surface area contributed by atoms with E-state index in [-0.39, 0.29) is 29.3 Å². The first-order chi connectivity index (χ1) is 19.7. The van der Waals surface area contributed by atoms with Crippen molar-refractivity contribution in [1.82, 2.24) is 20.2 Å². The molecule has 218 valence electrons. The summed E-state index contributed by atoms with van der Waals surface area (Å²) in [5.74, 6) is -2.12. The highest BCUT2D eigenvalue weighted by atomic mass is 19.3. The van der Waals surface area contributed by atoms with Crippen molar-refractivity contribution >= 4 is 23.4 Å². The number of nitrogens with zero attached hydrogens (tertiary/aromatic N) is 3. The third kappa shape index (κ3) is 6.84. The first-order valence-electron chi connectivity index (χ1n) is 13.9. The first-order valence-corrected chi connectivity index (χ1v) is 13.9. The SMILES string of the molecule is COc1cc(OCCN2CCCC2)ccc1Nc1ncc(C(C)(F)F)c(NC2Cc3ccccc3C2NC(C)=O)n1. The zero-order valence-electron chi connectivity index (χ0n) is 23.5. The number of hydrogen-bond donors (Lipinski definition) is 3. The first kappa shape index (κ1) is 28.5. The van der Waals surface area contributed by atoms with E-state index in [2.05, 4.69) is 30.8 Å². The number of nitrogens with one attached hydrogen (secondary N) is 3. The fourth-order valence-corrected chi connectivity index (χ4v) is 5.46. The van der Waals surface area contributed by atoms with Gasteiger partial charge in [0.05, 0.1) is 30.4 Å². The number of amides is 1. The van der Waals surface area contributed by atoms with Crippen LogP contribution in [0.1, 0.15) is 49.4 Å². The monoisotopic (exact) mass is 566 g/mol. The lowest BCUT2D eigenvalue weighted by Gasteiger charge is -2.25. The molecule has 1 fully saturated rings. The zero-order chi connectivity index (χ0) is 29.0. The third-order valence-electron chi connectivity index (χ3n) is 7.47. The third-order valence-corrected chi connectivity index (χ3v) is 7.47. The standard InChI is InChI=1S/C30H36F2N6O3/c1-19(39)34-27-22-9-5-4-8-20(22)16-25(27)35-28-23(30(2,31)32)18-33-29(37-28)36-24-11-10-21(17-26(24)40-3)41-15-14-38-12-6-7-13-38/h4-5,8-11,17-18,25,27H,6-7,12-16H2,1-3H3,(H,34,39)(H2,33,35,36,37). The number of aromatic nitrogens is 2. The van der Waals surface area contributed by atoms with Gasteiger partial charge in [-0.25, -0.2) is 13.8 Å². The van der Waals surface area contributed by atoms with Gasteiger partial charge >= 0.3 is 0 Å². The zero-order valence-corrected chi connectivity index (χ0v) is 23.5. The molecule has 2 unspecified atom stereocenters. The van der Waals surface area contributed by atoms with Gasteiger partial charge in [0.1, 0.15) is 23.9 Å². The van der Waals surface area contributed by atoms with Gasteiger partial charge in [-0.2, -0.15) is 4.98 Å². The van der Waals surface area contributed by atoms with Gasteiger partial charge in [0, 0.05) is 32.7 Å². The van der Waals surface area contributed by atoms with E-state index in [1.807, 2.05) is 30.3 Å². The highest BCUT2D eigenvalue weighted by Gasteiger charge is 2.36. The van der Waals surface area contributed by atoms with Crippen LogP contribution < -0.4 is 25.4 Å². The minimum Gasteiger partial charge on any atom is -0.494 e. The summed E-state index contributed by atoms with van der Waals surface area (Å²) in [5.41, 5.74) is 2.21. The average molecular weight is 567 g/mol. The lowest BCUT2D eigenvalue weighted by atomic mass is 10.1. The number of rotatable bonds is 11. The van der Waals surface area contributed by atoms with Crippen LogP contribution in [0.4, 0.5) is 26.2 Å². The van der Waals surface area contributed by atoms with Crippen LogP contribution >= 0.6 is 0 Å². The average Bonchev–Trinajstić information content (AvgIpc) is 3.57. The smallest absolute Gasteiger partial charge is 0.275 e. The molecule has 1 saturated heterocycles. The highest BCUT2D eigenvalue weighted by Crippen LogP contribution is 2.38. The summed E-state index contributed by atoms with van der Waals surface area (Å²) in [6.07, 6.45) is 4.12. The minimum absolute atomic E-state index is 0.0102. The summed E-state index contributed by atoms with van der Waals surface area (Å²) in [7, 11) is 1.54. The number of methoxy groups -OCH3 is 1. The lowest BCUT2D eigenvalue weighted by Crippen LogP contribution is -2.37. The maximum atomic E-state index is 14.6. The molecule has 9 nitrogen and oxygen atoms in total. The Bertz CT molecular complexity index is 1380. The van der Waals surface area contributed by atoms with Crippen molar-refractivity contribution in [2.24, 2.45) is 0 Å². The van der Waals surface area contributed by atoms with Gasteiger partial charge in [0.2, 0.25) is 11.9 Å². The van der Waals surface area contributed by atoms with E-state index >= 15 is 0 Å². The molecule has 1 aromatic heterocycles. The Balaban J connectivity index is 1.35. The molecule has 1 aliphatic heterocycles. The quantitative estimate of drug-likeness (QED) is 0.297. The van der Waals surface area contributed by atoms with Crippen molar-refractivity contribution in [2.45, 2.75) is 51.1 Å². The number of benzene rings is 2. The molecule has 0 spiro atoms. The molecule has 3 N–H and O–H groups in total. The Labute approximate surface area is 238 Å². The van der Waals surface area contributed by atoms with Crippen molar-refractivity contribution in [2.75, 3.05) is 44.0 Å². The van der Waals surface area contributed by atoms with Crippen molar-refractivity contribution in [3.63, 3.8) is 0 Å². The van der Waals surface area contributed by atoms with E-state index < -0.39 is 12.0 Å². The molecule has 1 amide bonds. The molecule has 41 heavy (non-hydrogen) atoms. The lowest BCUT2D eigenvalue weighted by molar-refractivity contribution is -0.119. The number of anilines is 3. The van der Waals surface area contributed by atoms with Crippen molar-refractivity contribution < 1.29 is 23.0 Å². The summed E-state index contributed by atoms with van der Waals surface area (Å²) in [4.78, 5) is 23.0. The van der Waals surface area contributed by atoms with Crippen molar-refractivity contribution in [3.05, 3.63) is 65.4 Å². The highest BCUT2D eigenvalue weighted by molar-refractivity contribution is 5.74. The van der Waals surface area contributed by atoms with Gasteiger partial charge in [-0.15, -0.1) is 0 Å². The predicted octanol–water partition coefficient (Wildman–Crippen LogP) is 5.03. The second-order valence-electron chi connectivity index (χ2n) is 10.6. The summed E-state index contributed by atoms with van der Waals surface area (Å²) in [6.45, 7) is 5.91. The van der Waals surface area contributed by atoms with E-state index in [1.54, 1.807) is 19.2 Å². The summed E-state index contributed by atoms with van der Waals surface area (Å²) in [5, 5.41) is 9.23. The normalized spacial score (nSPS) is 18.6. The summed E-state index contributed by atoms with van der Waals surface area (Å²) < 4.78 is 40.7. The molecular weight excluding hydrogens is 530 g/mol. The topological polar surface area (TPSA) is 101 Å². The second-order valence-corrected chi connectivity index (χ2v) is 10.6. The Morgan fingerprint density at radius 3 is 2.68 bits per heavy atom. The van der Waals surface area contributed by atoms with Crippen LogP contribution in [-0.2, 0) is 17.1 Å². The maximum absolute atomic E-state index is 14.6. The number of halogens is 2. The molecule has 1 aliphatic carbocycles. The molecular formula is C30H36F2N6O3. The van der Waals surface area contributed by atoms with Gasteiger partial charge in [-0.1, -0.05) is 24.3 Å². The van der Waals surface area contributed by atoms with Crippen LogP contribution in [0.15, 0.2) is 48.7 Å². The predicted molar refractivity (Wildman–Crippen MR) is 153 cm³/mol. The number of ether oxygens (including phenoxy) is 2. The van der Waals surface area contributed by atoms with Gasteiger partial charge in [0.15, 0.2) is 0 Å². The Morgan fingerprint density at radius 1 is 1.17 bits per heavy atom. The van der Waals surface area contributed by atoms with E-state index in [9.17, 15) is 13.6 Å². The Morgan fingerprint density at radius 2 is 1.95 bits per heavy atom.